The lowest BCUT2D eigenvalue weighted by atomic mass is 9.94. The average molecular weight is 226 g/mol. The molecule has 1 aromatic rings. The van der Waals surface area contributed by atoms with Crippen LogP contribution in [0, 0.1) is 11.3 Å². The number of nitrogens with zero attached hydrogens (tertiary/aromatic N) is 2. The average Bonchev–Trinajstić information content (AvgIpc) is 2.34. The largest absolute Gasteiger partial charge is 0.284 e. The van der Waals surface area contributed by atoms with E-state index in [1.54, 1.807) is 0 Å². The first-order valence-corrected chi connectivity index (χ1v) is 6.03. The summed E-state index contributed by atoms with van der Waals surface area (Å²) in [4.78, 5) is 2.18. The number of hydrogen-bond donors (Lipinski definition) is 0. The second-order valence-corrected chi connectivity index (χ2v) is 4.78. The lowest BCUT2D eigenvalue weighted by molar-refractivity contribution is 0.223. The van der Waals surface area contributed by atoms with Crippen LogP contribution in [-0.2, 0) is 6.42 Å². The summed E-state index contributed by atoms with van der Waals surface area (Å²) in [5.74, 6) is 0. The van der Waals surface area contributed by atoms with Crippen molar-refractivity contribution >= 4 is 0 Å². The second kappa shape index (κ2) is 5.16. The molecule has 0 radical (unpaired) electrons. The molecule has 2 rings (SSSR count). The van der Waals surface area contributed by atoms with Gasteiger partial charge in [0.1, 0.15) is 6.04 Å². The van der Waals surface area contributed by atoms with Crippen LogP contribution in [0.1, 0.15) is 18.9 Å². The number of nitriles is 1. The van der Waals surface area contributed by atoms with Gasteiger partial charge in [-0.15, -0.1) is 0 Å². The van der Waals surface area contributed by atoms with Gasteiger partial charge < -0.3 is 0 Å². The highest BCUT2D eigenvalue weighted by atomic mass is 15.2. The summed E-state index contributed by atoms with van der Waals surface area (Å²) in [6.45, 7) is 2.12. The van der Waals surface area contributed by atoms with E-state index in [4.69, 9.17) is 5.26 Å². The molecule has 0 N–H and O–H groups in total. The Bertz CT molecular complexity index is 442. The molecule has 0 aromatic heterocycles. The first kappa shape index (κ1) is 11.9. The summed E-state index contributed by atoms with van der Waals surface area (Å²) >= 11 is 0. The number of hydrogen-bond acceptors (Lipinski definition) is 2. The van der Waals surface area contributed by atoms with Gasteiger partial charge in [-0.3, -0.25) is 4.90 Å². The molecule has 1 aliphatic heterocycles. The number of likely N-dealkylation sites (N-methyl/N-ethyl adjacent to an activating group) is 1. The highest BCUT2D eigenvalue weighted by Crippen LogP contribution is 2.22. The second-order valence-electron chi connectivity index (χ2n) is 4.78. The van der Waals surface area contributed by atoms with Crippen molar-refractivity contribution in [1.29, 1.82) is 5.26 Å². The summed E-state index contributed by atoms with van der Waals surface area (Å²) in [5.41, 5.74) is 2.66. The smallest absolute Gasteiger partial charge is 0.102 e. The Labute approximate surface area is 103 Å². The Hall–Kier alpha value is -1.59. The molecule has 0 spiro atoms. The van der Waals surface area contributed by atoms with E-state index in [1.165, 1.54) is 11.1 Å². The fourth-order valence-electron chi connectivity index (χ4n) is 2.39. The minimum Gasteiger partial charge on any atom is -0.284 e. The van der Waals surface area contributed by atoms with Gasteiger partial charge in [-0.2, -0.15) is 5.26 Å². The molecule has 0 amide bonds. The van der Waals surface area contributed by atoms with Crippen molar-refractivity contribution in [3.8, 4) is 6.07 Å². The van der Waals surface area contributed by atoms with Crippen LogP contribution in [0.4, 0.5) is 0 Å². The zero-order valence-electron chi connectivity index (χ0n) is 10.4. The Balaban J connectivity index is 2.15. The molecule has 17 heavy (non-hydrogen) atoms. The minimum absolute atomic E-state index is 0.0220. The zero-order chi connectivity index (χ0) is 12.3. The van der Waals surface area contributed by atoms with Crippen molar-refractivity contribution in [2.45, 2.75) is 31.8 Å². The van der Waals surface area contributed by atoms with Gasteiger partial charge in [0, 0.05) is 6.04 Å². The highest BCUT2D eigenvalue weighted by molar-refractivity contribution is 5.22. The third kappa shape index (κ3) is 2.75. The van der Waals surface area contributed by atoms with E-state index in [-0.39, 0.29) is 6.04 Å². The lowest BCUT2D eigenvalue weighted by Gasteiger charge is -2.34. The Morgan fingerprint density at radius 3 is 2.71 bits per heavy atom. The van der Waals surface area contributed by atoms with Crippen molar-refractivity contribution in [3.05, 3.63) is 47.5 Å². The molecule has 2 heteroatoms. The van der Waals surface area contributed by atoms with Gasteiger partial charge in [-0.05, 0) is 32.4 Å². The van der Waals surface area contributed by atoms with Crippen LogP contribution in [0.5, 0.6) is 0 Å². The van der Waals surface area contributed by atoms with Crippen molar-refractivity contribution in [1.82, 2.24) is 4.90 Å². The van der Waals surface area contributed by atoms with Crippen molar-refractivity contribution < 1.29 is 0 Å². The molecule has 0 saturated heterocycles. The third-order valence-corrected chi connectivity index (χ3v) is 3.44. The number of rotatable bonds is 2. The minimum atomic E-state index is 0.0220. The summed E-state index contributed by atoms with van der Waals surface area (Å²) < 4.78 is 0. The monoisotopic (exact) mass is 226 g/mol. The predicted octanol–water partition coefficient (Wildman–Crippen LogP) is 2.77. The third-order valence-electron chi connectivity index (χ3n) is 3.44. The summed E-state index contributed by atoms with van der Waals surface area (Å²) in [5, 5.41) is 9.14. The maximum Gasteiger partial charge on any atom is 0.102 e. The van der Waals surface area contributed by atoms with Crippen LogP contribution in [0.3, 0.4) is 0 Å². The number of benzene rings is 1. The van der Waals surface area contributed by atoms with E-state index in [9.17, 15) is 0 Å². The van der Waals surface area contributed by atoms with E-state index in [2.05, 4.69) is 48.2 Å². The Morgan fingerprint density at radius 2 is 2.06 bits per heavy atom. The maximum absolute atomic E-state index is 9.14. The molecule has 2 atom stereocenters. The quantitative estimate of drug-likeness (QED) is 0.725. The molecule has 2 unspecified atom stereocenters. The topological polar surface area (TPSA) is 27.0 Å². The van der Waals surface area contributed by atoms with Crippen LogP contribution in [0.25, 0.3) is 0 Å². The van der Waals surface area contributed by atoms with Gasteiger partial charge in [-0.25, -0.2) is 0 Å². The molecule has 0 aliphatic carbocycles. The molecule has 0 bridgehead atoms. The first-order valence-electron chi connectivity index (χ1n) is 6.03. The molecule has 0 fully saturated rings. The zero-order valence-corrected chi connectivity index (χ0v) is 10.4. The van der Waals surface area contributed by atoms with Gasteiger partial charge in [0.15, 0.2) is 0 Å². The van der Waals surface area contributed by atoms with E-state index < -0.39 is 0 Å². The van der Waals surface area contributed by atoms with E-state index in [1.807, 2.05) is 13.1 Å². The summed E-state index contributed by atoms with van der Waals surface area (Å²) in [6, 6.07) is 13.2. The molecule has 1 aliphatic rings. The van der Waals surface area contributed by atoms with E-state index in [0.717, 1.165) is 12.8 Å². The maximum atomic E-state index is 9.14. The Morgan fingerprint density at radius 1 is 1.35 bits per heavy atom. The van der Waals surface area contributed by atoms with Crippen LogP contribution >= 0.6 is 0 Å². The normalized spacial score (nSPS) is 25.1. The van der Waals surface area contributed by atoms with Gasteiger partial charge in [0.05, 0.1) is 6.07 Å². The summed E-state index contributed by atoms with van der Waals surface area (Å²) in [6.07, 6.45) is 4.14. The Kier molecular flexibility index (Phi) is 3.61. The SMILES string of the molecule is CC1=CC(Cc2ccccc2)N(C)C(C#N)C1. The standard InChI is InChI=1S/C15H18N2/c1-12-8-14(17(2)15(9-12)11-16)10-13-6-4-3-5-7-13/h3-8,14-15H,9-10H2,1-2H3. The fourth-order valence-corrected chi connectivity index (χ4v) is 2.39. The predicted molar refractivity (Wildman–Crippen MR) is 69.5 cm³/mol. The summed E-state index contributed by atoms with van der Waals surface area (Å²) in [7, 11) is 2.05. The molecular weight excluding hydrogens is 208 g/mol. The lowest BCUT2D eigenvalue weighted by Crippen LogP contribution is -2.42. The molecule has 1 aromatic carbocycles. The van der Waals surface area contributed by atoms with Crippen LogP contribution in [0.15, 0.2) is 42.0 Å². The van der Waals surface area contributed by atoms with E-state index in [0.29, 0.717) is 6.04 Å². The van der Waals surface area contributed by atoms with Crippen molar-refractivity contribution in [2.24, 2.45) is 0 Å². The molecule has 0 saturated carbocycles. The molecular formula is C15H18N2. The van der Waals surface area contributed by atoms with Gasteiger partial charge >= 0.3 is 0 Å². The van der Waals surface area contributed by atoms with Crippen LogP contribution < -0.4 is 0 Å². The van der Waals surface area contributed by atoms with E-state index >= 15 is 0 Å². The first-order chi connectivity index (χ1) is 8.20. The van der Waals surface area contributed by atoms with Crippen molar-refractivity contribution in [2.75, 3.05) is 7.05 Å². The molecule has 88 valence electrons. The molecule has 1 heterocycles. The van der Waals surface area contributed by atoms with Crippen molar-refractivity contribution in [3.63, 3.8) is 0 Å². The van der Waals surface area contributed by atoms with Gasteiger partial charge in [0.25, 0.3) is 0 Å². The van der Waals surface area contributed by atoms with Crippen LogP contribution in [0.2, 0.25) is 0 Å². The highest BCUT2D eigenvalue weighted by Gasteiger charge is 2.25. The van der Waals surface area contributed by atoms with Gasteiger partial charge in [0.2, 0.25) is 0 Å². The van der Waals surface area contributed by atoms with Gasteiger partial charge in [-0.1, -0.05) is 42.0 Å². The molecule has 2 nitrogen and oxygen atoms in total. The van der Waals surface area contributed by atoms with Crippen LogP contribution in [-0.4, -0.2) is 24.0 Å². The fraction of sp³-hybridized carbons (Fsp3) is 0.400.